The number of aliphatic hydroxyl groups excluding tert-OH is 2. The monoisotopic (exact) mass is 168 g/mol. The molecular weight excluding hydrogens is 160 g/mol. The van der Waals surface area contributed by atoms with E-state index in [1.807, 2.05) is 0 Å². The van der Waals surface area contributed by atoms with Gasteiger partial charge in [0.25, 0.3) is 0 Å². The van der Waals surface area contributed by atoms with Crippen molar-refractivity contribution in [2.75, 3.05) is 6.61 Å². The maximum absolute atomic E-state index is 11.1. The van der Waals surface area contributed by atoms with Crippen LogP contribution in [0.1, 0.15) is 10.5 Å². The fourth-order valence-corrected chi connectivity index (χ4v) is 0.690. The van der Waals surface area contributed by atoms with Crippen LogP contribution in [0.2, 0.25) is 0 Å². The third-order valence-electron chi connectivity index (χ3n) is 1.31. The third kappa shape index (κ3) is 1.84. The summed E-state index contributed by atoms with van der Waals surface area (Å²) in [4.78, 5) is 18.3. The van der Waals surface area contributed by atoms with Gasteiger partial charge >= 0.3 is 0 Å². The number of aliphatic hydroxyl groups is 2. The second kappa shape index (κ2) is 3.89. The SMILES string of the molecule is O=C(c1ccncn1)C(O)CO. The summed E-state index contributed by atoms with van der Waals surface area (Å²) in [6.45, 7) is -0.594. The first-order valence-corrected chi connectivity index (χ1v) is 3.35. The van der Waals surface area contributed by atoms with E-state index in [1.54, 1.807) is 0 Å². The van der Waals surface area contributed by atoms with Crippen LogP contribution in [-0.4, -0.2) is 38.7 Å². The standard InChI is InChI=1S/C7H8N2O3/c10-3-6(11)7(12)5-1-2-8-4-9-5/h1-2,4,6,10-11H,3H2. The lowest BCUT2D eigenvalue weighted by Crippen LogP contribution is -2.25. The second-order valence-corrected chi connectivity index (χ2v) is 2.16. The van der Waals surface area contributed by atoms with E-state index in [0.717, 1.165) is 0 Å². The summed E-state index contributed by atoms with van der Waals surface area (Å²) in [7, 11) is 0. The Balaban J connectivity index is 2.79. The maximum Gasteiger partial charge on any atom is 0.212 e. The number of nitrogens with zero attached hydrogens (tertiary/aromatic N) is 2. The minimum absolute atomic E-state index is 0.103. The minimum atomic E-state index is -1.39. The zero-order chi connectivity index (χ0) is 8.97. The molecule has 1 aromatic rings. The van der Waals surface area contributed by atoms with Crippen molar-refractivity contribution >= 4 is 5.78 Å². The predicted octanol–water partition coefficient (Wildman–Crippen LogP) is -0.988. The number of rotatable bonds is 3. The Morgan fingerprint density at radius 2 is 2.42 bits per heavy atom. The van der Waals surface area contributed by atoms with Crippen LogP contribution < -0.4 is 0 Å². The summed E-state index contributed by atoms with van der Waals surface area (Å²) >= 11 is 0. The van der Waals surface area contributed by atoms with Gasteiger partial charge in [0.15, 0.2) is 0 Å². The first-order chi connectivity index (χ1) is 5.75. The van der Waals surface area contributed by atoms with E-state index in [0.29, 0.717) is 0 Å². The number of carbonyl (C=O) groups excluding carboxylic acids is 1. The number of aromatic nitrogens is 2. The molecule has 0 saturated carbocycles. The Morgan fingerprint density at radius 1 is 1.67 bits per heavy atom. The van der Waals surface area contributed by atoms with Crippen molar-refractivity contribution in [3.05, 3.63) is 24.3 Å². The molecule has 0 spiro atoms. The van der Waals surface area contributed by atoms with Crippen molar-refractivity contribution in [2.45, 2.75) is 6.10 Å². The van der Waals surface area contributed by atoms with Crippen molar-refractivity contribution < 1.29 is 15.0 Å². The Bertz CT molecular complexity index is 263. The van der Waals surface area contributed by atoms with E-state index in [4.69, 9.17) is 10.2 Å². The molecule has 1 rings (SSSR count). The Labute approximate surface area is 68.7 Å². The van der Waals surface area contributed by atoms with Crippen LogP contribution in [-0.2, 0) is 0 Å². The summed E-state index contributed by atoms with van der Waals surface area (Å²) < 4.78 is 0. The number of carbonyl (C=O) groups is 1. The molecule has 1 heterocycles. The lowest BCUT2D eigenvalue weighted by molar-refractivity contribution is 0.0582. The van der Waals surface area contributed by atoms with E-state index in [-0.39, 0.29) is 5.69 Å². The molecule has 0 aliphatic heterocycles. The van der Waals surface area contributed by atoms with Crippen LogP contribution >= 0.6 is 0 Å². The van der Waals surface area contributed by atoms with Gasteiger partial charge in [0, 0.05) is 6.20 Å². The number of ketones is 1. The van der Waals surface area contributed by atoms with E-state index < -0.39 is 18.5 Å². The molecule has 64 valence electrons. The van der Waals surface area contributed by atoms with Crippen LogP contribution in [0.5, 0.6) is 0 Å². The summed E-state index contributed by atoms with van der Waals surface area (Å²) in [5.74, 6) is -0.597. The Kier molecular flexibility index (Phi) is 2.84. The molecule has 12 heavy (non-hydrogen) atoms. The summed E-state index contributed by atoms with van der Waals surface area (Å²) in [6.07, 6.45) is 1.21. The molecule has 0 aliphatic rings. The molecule has 2 N–H and O–H groups in total. The Morgan fingerprint density at radius 3 is 2.92 bits per heavy atom. The molecule has 0 amide bonds. The highest BCUT2D eigenvalue weighted by molar-refractivity contribution is 5.97. The normalized spacial score (nSPS) is 12.5. The smallest absolute Gasteiger partial charge is 0.212 e. The Hall–Kier alpha value is -1.33. The predicted molar refractivity (Wildman–Crippen MR) is 39.5 cm³/mol. The van der Waals surface area contributed by atoms with Gasteiger partial charge in [-0.05, 0) is 6.07 Å². The highest BCUT2D eigenvalue weighted by Gasteiger charge is 2.16. The highest BCUT2D eigenvalue weighted by atomic mass is 16.3. The first kappa shape index (κ1) is 8.76. The molecule has 1 aromatic heterocycles. The molecule has 0 fully saturated rings. The molecule has 0 aliphatic carbocycles. The summed E-state index contributed by atoms with van der Waals surface area (Å²) in [5, 5.41) is 17.4. The third-order valence-corrected chi connectivity index (χ3v) is 1.31. The number of Topliss-reactive ketones (excluding diaryl/α,β-unsaturated/α-hetero) is 1. The van der Waals surface area contributed by atoms with Crippen molar-refractivity contribution in [3.8, 4) is 0 Å². The molecule has 1 atom stereocenters. The van der Waals surface area contributed by atoms with Gasteiger partial charge in [-0.3, -0.25) is 4.79 Å². The molecule has 1 unspecified atom stereocenters. The van der Waals surface area contributed by atoms with Gasteiger partial charge in [0.05, 0.1) is 6.61 Å². The lowest BCUT2D eigenvalue weighted by atomic mass is 10.2. The van der Waals surface area contributed by atoms with Crippen LogP contribution in [0.3, 0.4) is 0 Å². The molecule has 0 aromatic carbocycles. The van der Waals surface area contributed by atoms with Crippen LogP contribution in [0, 0.1) is 0 Å². The van der Waals surface area contributed by atoms with Crippen molar-refractivity contribution in [1.82, 2.24) is 9.97 Å². The molecule has 5 heteroatoms. The molecule has 5 nitrogen and oxygen atoms in total. The van der Waals surface area contributed by atoms with E-state index in [9.17, 15) is 4.79 Å². The zero-order valence-electron chi connectivity index (χ0n) is 6.21. The molecular formula is C7H8N2O3. The van der Waals surface area contributed by atoms with Gasteiger partial charge in [-0.25, -0.2) is 9.97 Å². The van der Waals surface area contributed by atoms with Crippen molar-refractivity contribution in [3.63, 3.8) is 0 Å². The molecule has 0 saturated heterocycles. The maximum atomic E-state index is 11.1. The van der Waals surface area contributed by atoms with Gasteiger partial charge in [-0.1, -0.05) is 0 Å². The van der Waals surface area contributed by atoms with E-state index in [2.05, 4.69) is 9.97 Å². The summed E-state index contributed by atoms with van der Waals surface area (Å²) in [5.41, 5.74) is 0.103. The fraction of sp³-hybridized carbons (Fsp3) is 0.286. The lowest BCUT2D eigenvalue weighted by Gasteiger charge is -2.03. The van der Waals surface area contributed by atoms with Crippen molar-refractivity contribution in [1.29, 1.82) is 0 Å². The molecule has 0 radical (unpaired) electrons. The first-order valence-electron chi connectivity index (χ1n) is 3.35. The zero-order valence-corrected chi connectivity index (χ0v) is 6.21. The highest BCUT2D eigenvalue weighted by Crippen LogP contribution is 1.97. The van der Waals surface area contributed by atoms with Gasteiger partial charge in [-0.15, -0.1) is 0 Å². The minimum Gasteiger partial charge on any atom is -0.393 e. The van der Waals surface area contributed by atoms with Gasteiger partial charge in [0.2, 0.25) is 5.78 Å². The quantitative estimate of drug-likeness (QED) is 0.566. The van der Waals surface area contributed by atoms with E-state index in [1.165, 1.54) is 18.6 Å². The average Bonchev–Trinajstić information content (AvgIpc) is 2.17. The topological polar surface area (TPSA) is 83.3 Å². The second-order valence-electron chi connectivity index (χ2n) is 2.16. The number of hydrogen-bond acceptors (Lipinski definition) is 5. The fourth-order valence-electron chi connectivity index (χ4n) is 0.690. The average molecular weight is 168 g/mol. The summed E-state index contributed by atoms with van der Waals surface area (Å²) in [6, 6.07) is 1.38. The van der Waals surface area contributed by atoms with Crippen molar-refractivity contribution in [2.24, 2.45) is 0 Å². The van der Waals surface area contributed by atoms with Gasteiger partial charge < -0.3 is 10.2 Å². The van der Waals surface area contributed by atoms with Gasteiger partial charge in [-0.2, -0.15) is 0 Å². The molecule has 0 bridgehead atoms. The van der Waals surface area contributed by atoms with Gasteiger partial charge in [0.1, 0.15) is 18.1 Å². The van der Waals surface area contributed by atoms with Crippen LogP contribution in [0.4, 0.5) is 0 Å². The number of hydrogen-bond donors (Lipinski definition) is 2. The largest absolute Gasteiger partial charge is 0.393 e. The van der Waals surface area contributed by atoms with E-state index >= 15 is 0 Å². The van der Waals surface area contributed by atoms with Crippen LogP contribution in [0.25, 0.3) is 0 Å². The van der Waals surface area contributed by atoms with Crippen LogP contribution in [0.15, 0.2) is 18.6 Å².